The number of rotatable bonds is 8. The van der Waals surface area contributed by atoms with E-state index in [-0.39, 0.29) is 12.2 Å². The number of allylic oxidation sites excluding steroid dienone is 2. The van der Waals surface area contributed by atoms with Crippen molar-refractivity contribution in [3.05, 3.63) is 42.0 Å². The molecule has 1 aromatic carbocycles. The van der Waals surface area contributed by atoms with Crippen molar-refractivity contribution in [3.8, 4) is 18.1 Å². The molecule has 0 saturated heterocycles. The predicted molar refractivity (Wildman–Crippen MR) is 108 cm³/mol. The number of carbonyl (C=O) groups is 1. The van der Waals surface area contributed by atoms with E-state index in [1.54, 1.807) is 0 Å². The Bertz CT molecular complexity index is 634. The van der Waals surface area contributed by atoms with Crippen LogP contribution in [0.15, 0.2) is 36.4 Å². The lowest BCUT2D eigenvalue weighted by atomic mass is 10.0. The van der Waals surface area contributed by atoms with Gasteiger partial charge in [0.2, 0.25) is 0 Å². The van der Waals surface area contributed by atoms with E-state index in [0.717, 1.165) is 44.4 Å². The summed E-state index contributed by atoms with van der Waals surface area (Å²) >= 11 is 0. The second-order valence-electron chi connectivity index (χ2n) is 6.80. The molecule has 0 spiro atoms. The number of nitrogens with one attached hydrogen (secondary N) is 1. The first-order valence-corrected chi connectivity index (χ1v) is 9.60. The Labute approximate surface area is 162 Å². The number of hydrogen-bond acceptors (Lipinski definition) is 4. The van der Waals surface area contributed by atoms with Crippen LogP contribution in [0.3, 0.4) is 0 Å². The van der Waals surface area contributed by atoms with E-state index in [2.05, 4.69) is 28.3 Å². The van der Waals surface area contributed by atoms with E-state index in [1.807, 2.05) is 31.3 Å². The van der Waals surface area contributed by atoms with Crippen LogP contribution in [0.4, 0.5) is 4.79 Å². The third-order valence-corrected chi connectivity index (χ3v) is 4.37. The minimum absolute atomic E-state index is 0.0102. The number of carbonyl (C=O) groups excluding carboxylic acids is 1. The Hall–Kier alpha value is -2.45. The number of hydrogen-bond donors (Lipinski definition) is 1. The second-order valence-corrected chi connectivity index (χ2v) is 6.80. The minimum Gasteiger partial charge on any atom is -0.492 e. The summed E-state index contributed by atoms with van der Waals surface area (Å²) in [5.74, 6) is 3.41. The summed E-state index contributed by atoms with van der Waals surface area (Å²) in [6.45, 7) is 2.24. The maximum atomic E-state index is 11.9. The van der Waals surface area contributed by atoms with Gasteiger partial charge < -0.3 is 14.8 Å². The molecule has 1 aliphatic carbocycles. The van der Waals surface area contributed by atoms with Crippen molar-refractivity contribution in [1.29, 1.82) is 0 Å². The van der Waals surface area contributed by atoms with Crippen LogP contribution in [0.5, 0.6) is 5.75 Å². The van der Waals surface area contributed by atoms with Crippen LogP contribution in [0.2, 0.25) is 0 Å². The third kappa shape index (κ3) is 8.65. The van der Waals surface area contributed by atoms with Gasteiger partial charge in [0.15, 0.2) is 0 Å². The highest BCUT2D eigenvalue weighted by Crippen LogP contribution is 2.16. The van der Waals surface area contributed by atoms with Gasteiger partial charge in [-0.05, 0) is 56.8 Å². The topological polar surface area (TPSA) is 50.8 Å². The summed E-state index contributed by atoms with van der Waals surface area (Å²) in [5, 5.41) is 2.76. The Kier molecular flexibility index (Phi) is 9.29. The molecule has 0 aliphatic heterocycles. The SMILES string of the molecule is C#CCN(C)Cc1ccc(OCCNC(=O)OC2CCC=CCCC2)cc1. The second kappa shape index (κ2) is 12.0. The Morgan fingerprint density at radius 1 is 1.26 bits per heavy atom. The van der Waals surface area contributed by atoms with Crippen molar-refractivity contribution in [3.63, 3.8) is 0 Å². The Balaban J connectivity index is 1.62. The van der Waals surface area contributed by atoms with Gasteiger partial charge in [0, 0.05) is 6.54 Å². The number of amides is 1. The van der Waals surface area contributed by atoms with E-state index in [1.165, 1.54) is 5.56 Å². The normalized spacial score (nSPS) is 16.9. The largest absolute Gasteiger partial charge is 0.492 e. The maximum absolute atomic E-state index is 11.9. The fourth-order valence-corrected chi connectivity index (χ4v) is 2.97. The molecule has 1 aromatic rings. The molecule has 1 amide bonds. The first-order chi connectivity index (χ1) is 13.2. The first kappa shape index (κ1) is 20.9. The molecule has 27 heavy (non-hydrogen) atoms. The van der Waals surface area contributed by atoms with Crippen LogP contribution in [-0.4, -0.2) is 43.8 Å². The van der Waals surface area contributed by atoms with Gasteiger partial charge in [-0.2, -0.15) is 0 Å². The van der Waals surface area contributed by atoms with Gasteiger partial charge >= 0.3 is 6.09 Å². The number of alkyl carbamates (subject to hydrolysis) is 1. The van der Waals surface area contributed by atoms with Gasteiger partial charge in [0.25, 0.3) is 0 Å². The lowest BCUT2D eigenvalue weighted by Crippen LogP contribution is -2.32. The van der Waals surface area contributed by atoms with Crippen LogP contribution in [0.25, 0.3) is 0 Å². The molecule has 0 saturated carbocycles. The van der Waals surface area contributed by atoms with Crippen molar-refractivity contribution >= 4 is 6.09 Å². The van der Waals surface area contributed by atoms with Gasteiger partial charge in [-0.1, -0.05) is 30.2 Å². The summed E-state index contributed by atoms with van der Waals surface area (Å²) in [7, 11) is 1.99. The number of nitrogens with zero attached hydrogens (tertiary/aromatic N) is 1. The lowest BCUT2D eigenvalue weighted by molar-refractivity contribution is 0.0854. The van der Waals surface area contributed by atoms with E-state index in [4.69, 9.17) is 15.9 Å². The Morgan fingerprint density at radius 2 is 2.04 bits per heavy atom. The maximum Gasteiger partial charge on any atom is 0.407 e. The lowest BCUT2D eigenvalue weighted by Gasteiger charge is -2.18. The van der Waals surface area contributed by atoms with Gasteiger partial charge in [0.1, 0.15) is 18.5 Å². The molecular weight excluding hydrogens is 340 g/mol. The molecule has 0 bridgehead atoms. The summed E-state index contributed by atoms with van der Waals surface area (Å²) in [6.07, 6.45) is 14.2. The van der Waals surface area contributed by atoms with Crippen LogP contribution < -0.4 is 10.1 Å². The van der Waals surface area contributed by atoms with Crippen molar-refractivity contribution in [2.24, 2.45) is 0 Å². The van der Waals surface area contributed by atoms with E-state index in [9.17, 15) is 4.79 Å². The van der Waals surface area contributed by atoms with Gasteiger partial charge in [-0.15, -0.1) is 6.42 Å². The van der Waals surface area contributed by atoms with Crippen molar-refractivity contribution in [2.75, 3.05) is 26.7 Å². The zero-order valence-electron chi connectivity index (χ0n) is 16.2. The third-order valence-electron chi connectivity index (χ3n) is 4.37. The van der Waals surface area contributed by atoms with Gasteiger partial charge in [-0.25, -0.2) is 4.79 Å². The quantitative estimate of drug-likeness (QED) is 0.430. The summed E-state index contributed by atoms with van der Waals surface area (Å²) in [4.78, 5) is 14.0. The minimum atomic E-state index is -0.361. The van der Waals surface area contributed by atoms with Crippen LogP contribution in [0.1, 0.15) is 37.7 Å². The average molecular weight is 370 g/mol. The molecule has 0 radical (unpaired) electrons. The number of benzene rings is 1. The molecule has 5 nitrogen and oxygen atoms in total. The number of terminal acetylenes is 1. The predicted octanol–water partition coefficient (Wildman–Crippen LogP) is 3.75. The monoisotopic (exact) mass is 370 g/mol. The molecule has 5 heteroatoms. The van der Waals surface area contributed by atoms with Crippen molar-refractivity contribution in [1.82, 2.24) is 10.2 Å². The van der Waals surface area contributed by atoms with Gasteiger partial charge in [0.05, 0.1) is 13.1 Å². The molecule has 2 rings (SSSR count). The molecule has 0 heterocycles. The van der Waals surface area contributed by atoms with Crippen LogP contribution in [0, 0.1) is 12.3 Å². The Morgan fingerprint density at radius 3 is 2.81 bits per heavy atom. The molecule has 146 valence electrons. The molecule has 1 unspecified atom stereocenters. The number of ether oxygens (including phenoxy) is 2. The summed E-state index contributed by atoms with van der Waals surface area (Å²) < 4.78 is 11.2. The molecule has 1 atom stereocenters. The average Bonchev–Trinajstić information content (AvgIpc) is 2.62. The van der Waals surface area contributed by atoms with Crippen molar-refractivity contribution in [2.45, 2.75) is 44.8 Å². The highest BCUT2D eigenvalue weighted by atomic mass is 16.6. The van der Waals surface area contributed by atoms with E-state index >= 15 is 0 Å². The summed E-state index contributed by atoms with van der Waals surface area (Å²) in [5.41, 5.74) is 1.18. The van der Waals surface area contributed by atoms with Crippen LogP contribution >= 0.6 is 0 Å². The molecule has 0 fully saturated rings. The smallest absolute Gasteiger partial charge is 0.407 e. The van der Waals surface area contributed by atoms with E-state index in [0.29, 0.717) is 19.7 Å². The fourth-order valence-electron chi connectivity index (χ4n) is 2.97. The highest BCUT2D eigenvalue weighted by molar-refractivity contribution is 5.67. The molecule has 1 N–H and O–H groups in total. The fraction of sp³-hybridized carbons (Fsp3) is 0.500. The molecular formula is C22H30N2O3. The standard InChI is InChI=1S/C22H30N2O3/c1-3-16-24(2)18-19-11-13-20(14-12-19)26-17-15-23-22(25)27-21-9-7-5-4-6-8-10-21/h1,4-5,11-14,21H,6-10,15-18H2,2H3,(H,23,25). The highest BCUT2D eigenvalue weighted by Gasteiger charge is 2.14. The first-order valence-electron chi connectivity index (χ1n) is 9.60. The zero-order valence-corrected chi connectivity index (χ0v) is 16.2. The summed E-state index contributed by atoms with van der Waals surface area (Å²) in [6, 6.07) is 7.90. The molecule has 1 aliphatic rings. The van der Waals surface area contributed by atoms with Gasteiger partial charge in [-0.3, -0.25) is 4.90 Å². The van der Waals surface area contributed by atoms with E-state index < -0.39 is 0 Å². The van der Waals surface area contributed by atoms with Crippen molar-refractivity contribution < 1.29 is 14.3 Å². The molecule has 0 aromatic heterocycles. The zero-order chi connectivity index (χ0) is 19.3. The van der Waals surface area contributed by atoms with Crippen LogP contribution in [-0.2, 0) is 11.3 Å².